The number of nitrogens with zero attached hydrogens (tertiary/aromatic N) is 1. The summed E-state index contributed by atoms with van der Waals surface area (Å²) >= 11 is 0. The molecule has 3 rings (SSSR count). The lowest BCUT2D eigenvalue weighted by atomic mass is 10.1. The number of carbonyl (C=O) groups excluding carboxylic acids is 2. The van der Waals surface area contributed by atoms with E-state index < -0.39 is 17.8 Å². The molecule has 0 fully saturated rings. The Kier molecular flexibility index (Phi) is 3.14. The van der Waals surface area contributed by atoms with Crippen LogP contribution >= 0.6 is 0 Å². The second kappa shape index (κ2) is 5.00. The fourth-order valence-corrected chi connectivity index (χ4v) is 2.34. The Bertz CT molecular complexity index is 795. The number of fused-ring (bicyclic) bond motifs is 1. The summed E-state index contributed by atoms with van der Waals surface area (Å²) in [5, 5.41) is 8.99. The Morgan fingerprint density at radius 1 is 1.00 bits per heavy atom. The Hall–Kier alpha value is -3.15. The van der Waals surface area contributed by atoms with Gasteiger partial charge in [-0.3, -0.25) is 9.59 Å². The SMILES string of the molecule is COc1ccc(N2C(=O)c3ccc(C(=O)O)cc3C2=O)cc1. The summed E-state index contributed by atoms with van der Waals surface area (Å²) < 4.78 is 5.04. The number of carbonyl (C=O) groups is 3. The van der Waals surface area contributed by atoms with Crippen LogP contribution in [0.3, 0.4) is 0 Å². The number of rotatable bonds is 3. The molecule has 0 atom stereocenters. The van der Waals surface area contributed by atoms with E-state index in [9.17, 15) is 14.4 Å². The third-order valence-corrected chi connectivity index (χ3v) is 3.46. The zero-order chi connectivity index (χ0) is 15.9. The van der Waals surface area contributed by atoms with Gasteiger partial charge in [-0.15, -0.1) is 0 Å². The number of carboxylic acids is 1. The van der Waals surface area contributed by atoms with Crippen molar-refractivity contribution in [3.63, 3.8) is 0 Å². The lowest BCUT2D eigenvalue weighted by Crippen LogP contribution is -2.29. The summed E-state index contributed by atoms with van der Waals surface area (Å²) in [6, 6.07) is 10.4. The molecule has 0 bridgehead atoms. The normalized spacial score (nSPS) is 13.2. The van der Waals surface area contributed by atoms with E-state index in [0.717, 1.165) is 4.90 Å². The average molecular weight is 297 g/mol. The van der Waals surface area contributed by atoms with Gasteiger partial charge in [0.15, 0.2) is 0 Å². The van der Waals surface area contributed by atoms with Gasteiger partial charge in [-0.05, 0) is 42.5 Å². The third kappa shape index (κ3) is 2.01. The smallest absolute Gasteiger partial charge is 0.335 e. The highest BCUT2D eigenvalue weighted by Gasteiger charge is 2.37. The molecule has 110 valence electrons. The molecule has 1 aliphatic heterocycles. The van der Waals surface area contributed by atoms with Crippen molar-refractivity contribution in [3.05, 3.63) is 59.2 Å². The van der Waals surface area contributed by atoms with E-state index in [1.165, 1.54) is 25.3 Å². The van der Waals surface area contributed by atoms with Gasteiger partial charge in [-0.25, -0.2) is 9.69 Å². The van der Waals surface area contributed by atoms with Gasteiger partial charge in [0.2, 0.25) is 0 Å². The summed E-state index contributed by atoms with van der Waals surface area (Å²) in [4.78, 5) is 36.8. The standard InChI is InChI=1S/C16H11NO5/c1-22-11-5-3-10(4-6-11)17-14(18)12-7-2-9(16(20)21)8-13(12)15(17)19/h2-8H,1H3,(H,20,21). The zero-order valence-corrected chi connectivity index (χ0v) is 11.6. The highest BCUT2D eigenvalue weighted by Crippen LogP contribution is 2.30. The second-order valence-corrected chi connectivity index (χ2v) is 4.71. The average Bonchev–Trinajstić information content (AvgIpc) is 2.78. The van der Waals surface area contributed by atoms with Crippen molar-refractivity contribution >= 4 is 23.5 Å². The van der Waals surface area contributed by atoms with E-state index >= 15 is 0 Å². The van der Waals surface area contributed by atoms with Crippen molar-refractivity contribution in [1.82, 2.24) is 0 Å². The van der Waals surface area contributed by atoms with Crippen LogP contribution in [0.5, 0.6) is 5.75 Å². The highest BCUT2D eigenvalue weighted by atomic mass is 16.5. The van der Waals surface area contributed by atoms with Crippen molar-refractivity contribution in [2.75, 3.05) is 12.0 Å². The van der Waals surface area contributed by atoms with Crippen LogP contribution in [-0.2, 0) is 0 Å². The number of carboxylic acid groups (broad SMARTS) is 1. The van der Waals surface area contributed by atoms with Crippen LogP contribution < -0.4 is 9.64 Å². The number of benzene rings is 2. The number of methoxy groups -OCH3 is 1. The van der Waals surface area contributed by atoms with E-state index in [1.54, 1.807) is 24.3 Å². The first-order valence-corrected chi connectivity index (χ1v) is 6.43. The quantitative estimate of drug-likeness (QED) is 0.878. The number of hydrogen-bond donors (Lipinski definition) is 1. The molecule has 22 heavy (non-hydrogen) atoms. The molecule has 2 amide bonds. The van der Waals surface area contributed by atoms with Crippen LogP contribution in [-0.4, -0.2) is 30.0 Å². The molecule has 2 aromatic rings. The minimum atomic E-state index is -1.15. The number of imide groups is 1. The fourth-order valence-electron chi connectivity index (χ4n) is 2.34. The van der Waals surface area contributed by atoms with Gasteiger partial charge < -0.3 is 9.84 Å². The number of amides is 2. The predicted molar refractivity (Wildman–Crippen MR) is 77.5 cm³/mol. The van der Waals surface area contributed by atoms with Crippen LogP contribution in [0.2, 0.25) is 0 Å². The fraction of sp³-hybridized carbons (Fsp3) is 0.0625. The van der Waals surface area contributed by atoms with E-state index in [-0.39, 0.29) is 16.7 Å². The Labute approximate surface area is 125 Å². The molecule has 0 spiro atoms. The van der Waals surface area contributed by atoms with Gasteiger partial charge in [0.05, 0.1) is 29.5 Å². The van der Waals surface area contributed by atoms with Crippen molar-refractivity contribution in [2.24, 2.45) is 0 Å². The van der Waals surface area contributed by atoms with Gasteiger partial charge >= 0.3 is 5.97 Å². The maximum atomic E-state index is 12.4. The van der Waals surface area contributed by atoms with Gasteiger partial charge in [0, 0.05) is 0 Å². The molecular weight excluding hydrogens is 286 g/mol. The summed E-state index contributed by atoms with van der Waals surface area (Å²) in [6.07, 6.45) is 0. The molecule has 2 aromatic carbocycles. The lowest BCUT2D eigenvalue weighted by Gasteiger charge is -2.14. The van der Waals surface area contributed by atoms with Crippen LogP contribution in [0.15, 0.2) is 42.5 Å². The maximum Gasteiger partial charge on any atom is 0.335 e. The zero-order valence-electron chi connectivity index (χ0n) is 11.6. The van der Waals surface area contributed by atoms with E-state index in [2.05, 4.69) is 0 Å². The molecule has 0 aliphatic carbocycles. The Morgan fingerprint density at radius 2 is 1.64 bits per heavy atom. The first-order chi connectivity index (χ1) is 10.5. The molecule has 1 aliphatic rings. The van der Waals surface area contributed by atoms with Crippen LogP contribution in [0.1, 0.15) is 31.1 Å². The highest BCUT2D eigenvalue weighted by molar-refractivity contribution is 6.34. The van der Waals surface area contributed by atoms with Crippen LogP contribution in [0, 0.1) is 0 Å². The van der Waals surface area contributed by atoms with Crippen molar-refractivity contribution in [3.8, 4) is 5.75 Å². The van der Waals surface area contributed by atoms with Gasteiger partial charge in [-0.2, -0.15) is 0 Å². The first-order valence-electron chi connectivity index (χ1n) is 6.43. The molecule has 0 saturated heterocycles. The topological polar surface area (TPSA) is 83.9 Å². The Morgan fingerprint density at radius 3 is 2.23 bits per heavy atom. The van der Waals surface area contributed by atoms with Gasteiger partial charge in [0.25, 0.3) is 11.8 Å². The predicted octanol–water partition coefficient (Wildman–Crippen LogP) is 2.19. The van der Waals surface area contributed by atoms with Crippen LogP contribution in [0.4, 0.5) is 5.69 Å². The summed E-state index contributed by atoms with van der Waals surface area (Å²) in [6.45, 7) is 0. The number of ether oxygens (including phenoxy) is 1. The Balaban J connectivity index is 2.03. The largest absolute Gasteiger partial charge is 0.497 e. The maximum absolute atomic E-state index is 12.4. The lowest BCUT2D eigenvalue weighted by molar-refractivity contribution is 0.0696. The molecule has 1 N–H and O–H groups in total. The molecule has 0 saturated carbocycles. The monoisotopic (exact) mass is 297 g/mol. The summed E-state index contributed by atoms with van der Waals surface area (Å²) in [5.41, 5.74) is 0.673. The number of aromatic carboxylic acids is 1. The third-order valence-electron chi connectivity index (χ3n) is 3.46. The van der Waals surface area contributed by atoms with E-state index in [0.29, 0.717) is 11.4 Å². The number of hydrogen-bond acceptors (Lipinski definition) is 4. The summed E-state index contributed by atoms with van der Waals surface area (Å²) in [7, 11) is 1.52. The second-order valence-electron chi connectivity index (χ2n) is 4.71. The molecule has 6 nitrogen and oxygen atoms in total. The van der Waals surface area contributed by atoms with Crippen molar-refractivity contribution in [1.29, 1.82) is 0 Å². The molecule has 0 aromatic heterocycles. The van der Waals surface area contributed by atoms with Crippen molar-refractivity contribution in [2.45, 2.75) is 0 Å². The van der Waals surface area contributed by atoms with E-state index in [1.807, 2.05) is 0 Å². The van der Waals surface area contributed by atoms with Gasteiger partial charge in [-0.1, -0.05) is 0 Å². The minimum Gasteiger partial charge on any atom is -0.497 e. The molecule has 6 heteroatoms. The first kappa shape index (κ1) is 13.8. The molecule has 1 heterocycles. The molecular formula is C16H11NO5. The minimum absolute atomic E-state index is 0.0310. The van der Waals surface area contributed by atoms with E-state index in [4.69, 9.17) is 9.84 Å². The molecule has 0 radical (unpaired) electrons. The summed E-state index contributed by atoms with van der Waals surface area (Å²) in [5.74, 6) is -1.55. The van der Waals surface area contributed by atoms with Gasteiger partial charge in [0.1, 0.15) is 5.75 Å². The van der Waals surface area contributed by atoms with Crippen LogP contribution in [0.25, 0.3) is 0 Å². The molecule has 0 unspecified atom stereocenters. The number of anilines is 1. The van der Waals surface area contributed by atoms with Crippen molar-refractivity contribution < 1.29 is 24.2 Å².